The molecule has 3 rings (SSSR count). The van der Waals surface area contributed by atoms with E-state index in [1.165, 1.54) is 24.8 Å². The zero-order valence-corrected chi connectivity index (χ0v) is 18.4. The Balaban J connectivity index is 1.93. The molecule has 0 bridgehead atoms. The Hall–Kier alpha value is -1.82. The van der Waals surface area contributed by atoms with Gasteiger partial charge in [0.15, 0.2) is 0 Å². The molecular formula is C23H35NO5. The summed E-state index contributed by atoms with van der Waals surface area (Å²) in [5.74, 6) is 0.532. The lowest BCUT2D eigenvalue weighted by molar-refractivity contribution is -0.769. The van der Waals surface area contributed by atoms with Gasteiger partial charge in [0.1, 0.15) is 23.1 Å². The molecule has 3 atom stereocenters. The van der Waals surface area contributed by atoms with Gasteiger partial charge in [-0.1, -0.05) is 52.2 Å². The number of ether oxygens (including phenoxy) is 1. The van der Waals surface area contributed by atoms with Gasteiger partial charge in [-0.25, -0.2) is 0 Å². The summed E-state index contributed by atoms with van der Waals surface area (Å²) in [7, 11) is 0. The molecule has 1 heterocycles. The van der Waals surface area contributed by atoms with Crippen LogP contribution in [0.25, 0.3) is 0 Å². The third-order valence-electron chi connectivity index (χ3n) is 7.14. The second-order valence-corrected chi connectivity index (χ2v) is 9.91. The summed E-state index contributed by atoms with van der Waals surface area (Å²) in [5.41, 5.74) is 0.332. The van der Waals surface area contributed by atoms with Crippen LogP contribution in [0.15, 0.2) is 18.2 Å². The molecular weight excluding hydrogens is 370 g/mol. The van der Waals surface area contributed by atoms with E-state index in [9.17, 15) is 15.2 Å². The molecule has 1 aliphatic heterocycles. The molecule has 1 aromatic carbocycles. The quantitative estimate of drug-likeness (QED) is 0.379. The maximum atomic E-state index is 11.5. The summed E-state index contributed by atoms with van der Waals surface area (Å²) in [4.78, 5) is 15.7. The molecule has 6 heteroatoms. The third-order valence-corrected chi connectivity index (χ3v) is 7.14. The van der Waals surface area contributed by atoms with Gasteiger partial charge in [0.25, 0.3) is 5.09 Å². The van der Waals surface area contributed by atoms with E-state index >= 15 is 0 Å². The summed E-state index contributed by atoms with van der Waals surface area (Å²) < 4.78 is 6.34. The number of fused-ring (bicyclic) bond motifs is 3. The van der Waals surface area contributed by atoms with E-state index in [2.05, 4.69) is 32.9 Å². The Morgan fingerprint density at radius 2 is 2.07 bits per heavy atom. The molecule has 162 valence electrons. The van der Waals surface area contributed by atoms with Gasteiger partial charge in [-0.15, -0.1) is 10.1 Å². The fourth-order valence-corrected chi connectivity index (χ4v) is 5.11. The van der Waals surface area contributed by atoms with Gasteiger partial charge < -0.3 is 14.7 Å². The Morgan fingerprint density at radius 1 is 1.34 bits per heavy atom. The summed E-state index contributed by atoms with van der Waals surface area (Å²) >= 11 is 0. The first-order valence-corrected chi connectivity index (χ1v) is 10.9. The summed E-state index contributed by atoms with van der Waals surface area (Å²) in [6.07, 6.45) is 5.49. The number of hydrogen-bond donors (Lipinski definition) is 1. The van der Waals surface area contributed by atoms with E-state index in [1.807, 2.05) is 19.9 Å². The van der Waals surface area contributed by atoms with Crippen molar-refractivity contribution in [2.45, 2.75) is 108 Å². The highest BCUT2D eigenvalue weighted by molar-refractivity contribution is 5.47. The molecule has 1 aliphatic carbocycles. The van der Waals surface area contributed by atoms with E-state index in [0.717, 1.165) is 17.7 Å². The maximum absolute atomic E-state index is 11.5. The van der Waals surface area contributed by atoms with Gasteiger partial charge in [0.2, 0.25) is 0 Å². The first kappa shape index (κ1) is 21.9. The molecule has 1 N–H and O–H groups in total. The number of hydrogen-bond acceptors (Lipinski definition) is 5. The average molecular weight is 406 g/mol. The van der Waals surface area contributed by atoms with Crippen molar-refractivity contribution < 1.29 is 19.8 Å². The van der Waals surface area contributed by atoms with Crippen molar-refractivity contribution in [3.05, 3.63) is 39.4 Å². The van der Waals surface area contributed by atoms with Crippen molar-refractivity contribution in [2.24, 2.45) is 0 Å². The lowest BCUT2D eigenvalue weighted by atomic mass is 9.62. The van der Waals surface area contributed by atoms with Crippen LogP contribution in [0.1, 0.15) is 96.6 Å². The highest BCUT2D eigenvalue weighted by atomic mass is 17.0. The number of unbranched alkanes of at least 4 members (excludes halogenated alkanes) is 2. The van der Waals surface area contributed by atoms with E-state index < -0.39 is 22.4 Å². The van der Waals surface area contributed by atoms with E-state index in [0.29, 0.717) is 19.3 Å². The highest BCUT2D eigenvalue weighted by Crippen LogP contribution is 2.55. The minimum absolute atomic E-state index is 0.0370. The molecule has 1 aromatic rings. The van der Waals surface area contributed by atoms with Crippen LogP contribution in [0.4, 0.5) is 0 Å². The number of benzene rings is 1. The number of nitrogens with zero attached hydrogens (tertiary/aromatic N) is 1. The summed E-state index contributed by atoms with van der Waals surface area (Å²) in [6.45, 7) is 10.6. The Labute approximate surface area is 173 Å². The zero-order valence-electron chi connectivity index (χ0n) is 18.4. The van der Waals surface area contributed by atoms with E-state index in [1.54, 1.807) is 0 Å². The van der Waals surface area contributed by atoms with Crippen molar-refractivity contribution in [1.29, 1.82) is 0 Å². The van der Waals surface area contributed by atoms with Gasteiger partial charge in [0, 0.05) is 11.5 Å². The fraction of sp³-hybridized carbons (Fsp3) is 0.739. The molecule has 0 saturated heterocycles. The molecule has 2 aliphatic rings. The van der Waals surface area contributed by atoms with E-state index in [4.69, 9.17) is 9.57 Å². The van der Waals surface area contributed by atoms with Crippen LogP contribution in [-0.2, 0) is 10.3 Å². The molecule has 0 radical (unpaired) electrons. The normalized spacial score (nSPS) is 28.1. The molecule has 29 heavy (non-hydrogen) atoms. The molecule has 6 nitrogen and oxygen atoms in total. The molecule has 1 fully saturated rings. The van der Waals surface area contributed by atoms with Crippen LogP contribution in [0.5, 0.6) is 5.75 Å². The van der Waals surface area contributed by atoms with Crippen LogP contribution in [0.2, 0.25) is 0 Å². The topological polar surface area (TPSA) is 81.8 Å². The minimum atomic E-state index is -1.07. The number of aliphatic hydroxyl groups is 1. The minimum Gasteiger partial charge on any atom is -0.485 e. The average Bonchev–Trinajstić information content (AvgIpc) is 2.62. The van der Waals surface area contributed by atoms with Crippen LogP contribution < -0.4 is 4.74 Å². The Kier molecular flexibility index (Phi) is 5.87. The highest BCUT2D eigenvalue weighted by Gasteiger charge is 2.58. The van der Waals surface area contributed by atoms with Crippen molar-refractivity contribution in [3.63, 3.8) is 0 Å². The van der Waals surface area contributed by atoms with Crippen LogP contribution in [0.3, 0.4) is 0 Å². The van der Waals surface area contributed by atoms with Gasteiger partial charge >= 0.3 is 0 Å². The van der Waals surface area contributed by atoms with Crippen LogP contribution >= 0.6 is 0 Å². The lowest BCUT2D eigenvalue weighted by Gasteiger charge is -2.54. The second kappa shape index (κ2) is 7.78. The third kappa shape index (κ3) is 4.09. The van der Waals surface area contributed by atoms with Crippen molar-refractivity contribution in [1.82, 2.24) is 0 Å². The standard InChI is InChI=1S/C23H35NO5/c1-6-7-8-12-21(2,3)16-9-10-18-19-15-17(29-24(26)27)11-13-23(19,25)22(4,5)28-20(18)14-16/h9-10,14,17,19,25H,6-8,11-13,15H2,1-5H3/t17-,19-,23-/m1/s1. The Bertz CT molecular complexity index is 760. The van der Waals surface area contributed by atoms with Gasteiger partial charge in [-0.2, -0.15) is 0 Å². The van der Waals surface area contributed by atoms with Gasteiger partial charge in [-0.3, -0.25) is 0 Å². The second-order valence-electron chi connectivity index (χ2n) is 9.91. The molecule has 0 unspecified atom stereocenters. The predicted molar refractivity (Wildman–Crippen MR) is 112 cm³/mol. The SMILES string of the molecule is CCCCCC(C)(C)c1ccc2c(c1)OC(C)(C)[C@@]1(O)CC[C@@H](O[N+](=O)[O-])C[C@H]21. The fourth-order valence-electron chi connectivity index (χ4n) is 5.11. The van der Waals surface area contributed by atoms with Gasteiger partial charge in [-0.05, 0) is 56.6 Å². The first-order valence-electron chi connectivity index (χ1n) is 10.9. The number of rotatable bonds is 7. The molecule has 1 saturated carbocycles. The lowest BCUT2D eigenvalue weighted by Crippen LogP contribution is -2.62. The van der Waals surface area contributed by atoms with Gasteiger partial charge in [0.05, 0.1) is 0 Å². The largest absolute Gasteiger partial charge is 0.485 e. The molecule has 0 spiro atoms. The first-order chi connectivity index (χ1) is 13.5. The van der Waals surface area contributed by atoms with Crippen molar-refractivity contribution in [2.75, 3.05) is 0 Å². The zero-order chi connectivity index (χ0) is 21.4. The summed E-state index contributed by atoms with van der Waals surface area (Å²) in [6, 6.07) is 6.29. The molecule has 0 aromatic heterocycles. The molecule has 0 amide bonds. The predicted octanol–water partition coefficient (Wildman–Crippen LogP) is 5.29. The monoisotopic (exact) mass is 405 g/mol. The van der Waals surface area contributed by atoms with Crippen LogP contribution in [0, 0.1) is 10.1 Å². The Morgan fingerprint density at radius 3 is 2.72 bits per heavy atom. The smallest absolute Gasteiger partial charge is 0.294 e. The van der Waals surface area contributed by atoms with Crippen molar-refractivity contribution in [3.8, 4) is 5.75 Å². The maximum Gasteiger partial charge on any atom is 0.294 e. The summed E-state index contributed by atoms with van der Waals surface area (Å²) in [5, 5.41) is 21.7. The van der Waals surface area contributed by atoms with Crippen LogP contribution in [-0.4, -0.2) is 27.5 Å². The van der Waals surface area contributed by atoms with Crippen molar-refractivity contribution >= 4 is 0 Å². The van der Waals surface area contributed by atoms with E-state index in [-0.39, 0.29) is 11.3 Å².